The average molecular weight is 423 g/mol. The minimum Gasteiger partial charge on any atom is -0.377 e. The number of halogens is 4. The molecule has 1 aromatic heterocycles. The summed E-state index contributed by atoms with van der Waals surface area (Å²) in [6, 6.07) is 5.24. The second kappa shape index (κ2) is 7.86. The van der Waals surface area contributed by atoms with Crippen LogP contribution in [0.15, 0.2) is 40.6 Å². The van der Waals surface area contributed by atoms with Gasteiger partial charge in [0.15, 0.2) is 0 Å². The molecule has 0 bridgehead atoms. The van der Waals surface area contributed by atoms with E-state index in [-0.39, 0.29) is 19.2 Å². The van der Waals surface area contributed by atoms with Gasteiger partial charge in [0.05, 0.1) is 16.6 Å². The van der Waals surface area contributed by atoms with E-state index in [1.54, 1.807) is 17.5 Å². The number of nitrogens with zero attached hydrogens (tertiary/aromatic N) is 1. The Morgan fingerprint density at radius 2 is 2.04 bits per heavy atom. The van der Waals surface area contributed by atoms with Crippen molar-refractivity contribution in [2.24, 2.45) is 0 Å². The van der Waals surface area contributed by atoms with Crippen LogP contribution in [0.2, 0.25) is 0 Å². The topological polar surface area (TPSA) is 46.6 Å². The van der Waals surface area contributed by atoms with Crippen LogP contribution < -0.4 is 0 Å². The summed E-state index contributed by atoms with van der Waals surface area (Å²) < 4.78 is 85.1. The lowest BCUT2D eigenvalue weighted by Gasteiger charge is -2.25. The summed E-state index contributed by atoms with van der Waals surface area (Å²) in [5.74, 6) is -1.51. The Morgan fingerprint density at radius 1 is 1.26 bits per heavy atom. The van der Waals surface area contributed by atoms with Crippen molar-refractivity contribution < 1.29 is 30.7 Å². The van der Waals surface area contributed by atoms with Crippen molar-refractivity contribution in [3.05, 3.63) is 52.0 Å². The maximum atomic E-state index is 13.5. The van der Waals surface area contributed by atoms with Crippen LogP contribution >= 0.6 is 11.3 Å². The number of ether oxygens (including phenoxy) is 1. The first-order chi connectivity index (χ1) is 12.7. The van der Waals surface area contributed by atoms with Crippen molar-refractivity contribution >= 4 is 21.4 Å². The van der Waals surface area contributed by atoms with Gasteiger partial charge in [0.25, 0.3) is 0 Å². The summed E-state index contributed by atoms with van der Waals surface area (Å²) in [5, 5.41) is 1.78. The van der Waals surface area contributed by atoms with E-state index in [2.05, 4.69) is 0 Å². The van der Waals surface area contributed by atoms with Crippen molar-refractivity contribution in [2.45, 2.75) is 36.6 Å². The third-order valence-corrected chi connectivity index (χ3v) is 6.89. The van der Waals surface area contributed by atoms with Crippen LogP contribution in [-0.2, 0) is 27.5 Å². The molecule has 0 spiro atoms. The van der Waals surface area contributed by atoms with Crippen molar-refractivity contribution in [2.75, 3.05) is 13.2 Å². The van der Waals surface area contributed by atoms with E-state index < -0.39 is 32.5 Å². The summed E-state index contributed by atoms with van der Waals surface area (Å²) in [6.07, 6.45) is -3.83. The number of sulfonamides is 1. The summed E-state index contributed by atoms with van der Waals surface area (Å²) >= 11 is 1.34. The molecule has 2 heterocycles. The Labute approximate surface area is 158 Å². The fourth-order valence-electron chi connectivity index (χ4n) is 2.87. The monoisotopic (exact) mass is 423 g/mol. The molecule has 1 fully saturated rings. The van der Waals surface area contributed by atoms with E-state index in [0.717, 1.165) is 21.7 Å². The first kappa shape index (κ1) is 20.2. The van der Waals surface area contributed by atoms with Gasteiger partial charge in [-0.15, -0.1) is 11.3 Å². The van der Waals surface area contributed by atoms with E-state index in [4.69, 9.17) is 4.74 Å². The molecule has 1 aromatic carbocycles. The molecule has 0 radical (unpaired) electrons. The highest BCUT2D eigenvalue weighted by Crippen LogP contribution is 2.34. The zero-order valence-corrected chi connectivity index (χ0v) is 15.7. The molecule has 2 aromatic rings. The lowest BCUT2D eigenvalue weighted by Crippen LogP contribution is -2.36. The minimum atomic E-state index is -4.98. The van der Waals surface area contributed by atoms with Gasteiger partial charge in [-0.1, -0.05) is 6.07 Å². The number of thiophene rings is 1. The predicted molar refractivity (Wildman–Crippen MR) is 92.3 cm³/mol. The molecule has 1 unspecified atom stereocenters. The standard InChI is InChI=1S/C17H17F4NO3S2/c18-16-6-5-14(9-15(16)17(19,20)21)27(23,24)22(10-12-3-1-7-25-12)11-13-4-2-8-26-13/h2,4-6,8-9,12H,1,3,7,10-11H2. The zero-order valence-electron chi connectivity index (χ0n) is 14.1. The van der Waals surface area contributed by atoms with E-state index in [9.17, 15) is 26.0 Å². The highest BCUT2D eigenvalue weighted by atomic mass is 32.2. The number of hydrogen-bond donors (Lipinski definition) is 0. The van der Waals surface area contributed by atoms with Gasteiger partial charge in [0, 0.05) is 24.6 Å². The molecule has 10 heteroatoms. The fraction of sp³-hybridized carbons (Fsp3) is 0.412. The van der Waals surface area contributed by atoms with E-state index >= 15 is 0 Å². The Kier molecular flexibility index (Phi) is 5.90. The van der Waals surface area contributed by atoms with Gasteiger partial charge in [-0.25, -0.2) is 12.8 Å². The molecule has 4 nitrogen and oxygen atoms in total. The maximum Gasteiger partial charge on any atom is 0.419 e. The van der Waals surface area contributed by atoms with Gasteiger partial charge in [0.2, 0.25) is 10.0 Å². The number of hydrogen-bond acceptors (Lipinski definition) is 4. The second-order valence-electron chi connectivity index (χ2n) is 6.15. The molecule has 0 saturated carbocycles. The molecule has 1 saturated heterocycles. The summed E-state index contributed by atoms with van der Waals surface area (Å²) in [5.41, 5.74) is -1.60. The molecule has 0 N–H and O–H groups in total. The Morgan fingerprint density at radius 3 is 2.63 bits per heavy atom. The van der Waals surface area contributed by atoms with Crippen LogP contribution in [0.3, 0.4) is 0 Å². The fourth-order valence-corrected chi connectivity index (χ4v) is 5.15. The SMILES string of the molecule is O=S(=O)(c1ccc(F)c(C(F)(F)F)c1)N(Cc1cccs1)CC1CCCO1. The van der Waals surface area contributed by atoms with Crippen LogP contribution in [0.1, 0.15) is 23.3 Å². The summed E-state index contributed by atoms with van der Waals surface area (Å²) in [6.45, 7) is 0.559. The quantitative estimate of drug-likeness (QED) is 0.652. The maximum absolute atomic E-state index is 13.5. The van der Waals surface area contributed by atoms with E-state index in [1.807, 2.05) is 0 Å². The van der Waals surface area contributed by atoms with Crippen LogP contribution in [0.5, 0.6) is 0 Å². The smallest absolute Gasteiger partial charge is 0.377 e. The molecule has 0 aliphatic carbocycles. The zero-order chi connectivity index (χ0) is 19.7. The highest BCUT2D eigenvalue weighted by molar-refractivity contribution is 7.89. The molecular weight excluding hydrogens is 406 g/mol. The minimum absolute atomic E-state index is 0.0125. The molecule has 148 valence electrons. The first-order valence-corrected chi connectivity index (χ1v) is 10.5. The average Bonchev–Trinajstić information content (AvgIpc) is 3.27. The van der Waals surface area contributed by atoms with E-state index in [0.29, 0.717) is 25.2 Å². The molecule has 1 aliphatic rings. The van der Waals surface area contributed by atoms with Gasteiger partial charge >= 0.3 is 6.18 Å². The molecule has 0 amide bonds. The molecule has 3 rings (SSSR count). The molecule has 1 atom stereocenters. The van der Waals surface area contributed by atoms with Crippen molar-refractivity contribution in [1.29, 1.82) is 0 Å². The van der Waals surface area contributed by atoms with Gasteiger partial charge in [0.1, 0.15) is 5.82 Å². The third kappa shape index (κ3) is 4.68. The lowest BCUT2D eigenvalue weighted by molar-refractivity contribution is -0.140. The van der Waals surface area contributed by atoms with Gasteiger partial charge in [-0.2, -0.15) is 17.5 Å². The van der Waals surface area contributed by atoms with Crippen LogP contribution in [0.25, 0.3) is 0 Å². The molecule has 27 heavy (non-hydrogen) atoms. The van der Waals surface area contributed by atoms with Crippen LogP contribution in [0, 0.1) is 5.82 Å². The molecular formula is C17H17F4NO3S2. The van der Waals surface area contributed by atoms with Crippen LogP contribution in [-0.4, -0.2) is 32.0 Å². The Bertz CT molecular complexity index is 876. The Hall–Kier alpha value is -1.49. The first-order valence-electron chi connectivity index (χ1n) is 8.19. The third-order valence-electron chi connectivity index (χ3n) is 4.22. The largest absolute Gasteiger partial charge is 0.419 e. The summed E-state index contributed by atoms with van der Waals surface area (Å²) in [4.78, 5) is 0.153. The van der Waals surface area contributed by atoms with Gasteiger partial charge < -0.3 is 4.74 Å². The number of alkyl halides is 3. The van der Waals surface area contributed by atoms with Crippen LogP contribution in [0.4, 0.5) is 17.6 Å². The Balaban J connectivity index is 1.96. The molecule has 1 aliphatic heterocycles. The van der Waals surface area contributed by atoms with Gasteiger partial charge in [-0.3, -0.25) is 0 Å². The predicted octanol–water partition coefficient (Wildman–Crippen LogP) is 4.28. The number of rotatable bonds is 6. The van der Waals surface area contributed by atoms with Crippen molar-refractivity contribution in [3.63, 3.8) is 0 Å². The normalized spacial score (nSPS) is 18.3. The lowest BCUT2D eigenvalue weighted by atomic mass is 10.2. The summed E-state index contributed by atoms with van der Waals surface area (Å²) in [7, 11) is -4.27. The number of benzene rings is 1. The van der Waals surface area contributed by atoms with Gasteiger partial charge in [-0.05, 0) is 42.5 Å². The highest BCUT2D eigenvalue weighted by Gasteiger charge is 2.37. The van der Waals surface area contributed by atoms with Crippen molar-refractivity contribution in [1.82, 2.24) is 4.31 Å². The van der Waals surface area contributed by atoms with E-state index in [1.165, 1.54) is 11.3 Å². The second-order valence-corrected chi connectivity index (χ2v) is 9.12. The van der Waals surface area contributed by atoms with Crippen molar-refractivity contribution in [3.8, 4) is 0 Å².